The van der Waals surface area contributed by atoms with E-state index < -0.39 is 17.5 Å². The minimum atomic E-state index is -1.18. The van der Waals surface area contributed by atoms with Gasteiger partial charge in [-0.15, -0.1) is 16.3 Å². The smallest absolute Gasteiger partial charge is 0.346 e. The van der Waals surface area contributed by atoms with E-state index in [4.69, 9.17) is 4.74 Å². The second-order valence-electron chi connectivity index (χ2n) is 6.71. The molecule has 29 heavy (non-hydrogen) atoms. The zero-order chi connectivity index (χ0) is 20.4. The molecule has 0 unspecified atom stereocenters. The van der Waals surface area contributed by atoms with Crippen molar-refractivity contribution in [2.45, 2.75) is 12.5 Å². The molecule has 2 aromatic carbocycles. The van der Waals surface area contributed by atoms with Crippen LogP contribution in [0.4, 0.5) is 4.79 Å². The number of carbonyl (C=O) groups is 2. The molecule has 7 heteroatoms. The Morgan fingerprint density at radius 1 is 1.03 bits per heavy atom. The highest BCUT2D eigenvalue weighted by Gasteiger charge is 2.49. The summed E-state index contributed by atoms with van der Waals surface area (Å²) < 4.78 is 5.15. The maximum absolute atomic E-state index is 12.9. The molecule has 3 amide bonds. The third kappa shape index (κ3) is 3.52. The van der Waals surface area contributed by atoms with Gasteiger partial charge >= 0.3 is 6.03 Å². The van der Waals surface area contributed by atoms with E-state index in [1.165, 1.54) is 17.6 Å². The maximum Gasteiger partial charge on any atom is 0.346 e. The second kappa shape index (κ2) is 7.52. The average Bonchev–Trinajstić information content (AvgIpc) is 3.31. The monoisotopic (exact) mass is 405 g/mol. The molecule has 3 aromatic rings. The first-order chi connectivity index (χ1) is 14.0. The third-order valence-corrected chi connectivity index (χ3v) is 5.89. The number of thiophene rings is 1. The molecular weight excluding hydrogens is 386 g/mol. The van der Waals surface area contributed by atoms with Gasteiger partial charge in [0.15, 0.2) is 0 Å². The Morgan fingerprint density at radius 2 is 1.76 bits per heavy atom. The van der Waals surface area contributed by atoms with E-state index >= 15 is 0 Å². The van der Waals surface area contributed by atoms with Gasteiger partial charge in [0.25, 0.3) is 5.91 Å². The molecule has 146 valence electrons. The van der Waals surface area contributed by atoms with E-state index in [0.29, 0.717) is 11.3 Å². The summed E-state index contributed by atoms with van der Waals surface area (Å²) in [7, 11) is 1.57. The fourth-order valence-electron chi connectivity index (χ4n) is 3.14. The van der Waals surface area contributed by atoms with Crippen LogP contribution in [0.5, 0.6) is 5.75 Å². The van der Waals surface area contributed by atoms with Crippen molar-refractivity contribution in [3.05, 3.63) is 77.2 Å². The van der Waals surface area contributed by atoms with E-state index in [1.807, 2.05) is 42.5 Å². The standard InChI is InChI=1S/C22H19N3O3S/c1-22(16-8-10-17(28-2)11-9-16)20(26)25(21(27)24-22)23-14-18-12-13-19(29-18)15-6-4-3-5-7-15/h3-14H,1-2H3,(H,24,27)/b23-14-/t22-/m1/s1. The minimum Gasteiger partial charge on any atom is -0.497 e. The first-order valence-corrected chi connectivity index (χ1v) is 9.83. The number of imide groups is 1. The normalized spacial score (nSPS) is 19.0. The highest BCUT2D eigenvalue weighted by molar-refractivity contribution is 7.17. The summed E-state index contributed by atoms with van der Waals surface area (Å²) in [6.45, 7) is 1.67. The predicted octanol–water partition coefficient (Wildman–Crippen LogP) is 4.22. The van der Waals surface area contributed by atoms with Gasteiger partial charge in [-0.2, -0.15) is 5.10 Å². The van der Waals surface area contributed by atoms with Crippen LogP contribution in [0, 0.1) is 0 Å². The van der Waals surface area contributed by atoms with Crippen molar-refractivity contribution in [3.8, 4) is 16.2 Å². The van der Waals surface area contributed by atoms with Gasteiger partial charge in [-0.3, -0.25) is 4.79 Å². The number of nitrogens with zero attached hydrogens (tertiary/aromatic N) is 2. The van der Waals surface area contributed by atoms with Gasteiger partial charge in [0.1, 0.15) is 11.3 Å². The van der Waals surface area contributed by atoms with Crippen LogP contribution in [0.15, 0.2) is 71.8 Å². The number of ether oxygens (including phenoxy) is 1. The van der Waals surface area contributed by atoms with Crippen molar-refractivity contribution in [1.29, 1.82) is 0 Å². The molecule has 0 spiro atoms. The highest BCUT2D eigenvalue weighted by atomic mass is 32.1. The van der Waals surface area contributed by atoms with Crippen molar-refractivity contribution >= 4 is 29.5 Å². The van der Waals surface area contributed by atoms with Gasteiger partial charge in [-0.1, -0.05) is 42.5 Å². The Balaban J connectivity index is 1.54. The van der Waals surface area contributed by atoms with Crippen molar-refractivity contribution in [2.24, 2.45) is 5.10 Å². The van der Waals surface area contributed by atoms with E-state index in [9.17, 15) is 9.59 Å². The number of urea groups is 1. The molecule has 1 aliphatic heterocycles. The van der Waals surface area contributed by atoms with Crippen LogP contribution >= 0.6 is 11.3 Å². The lowest BCUT2D eigenvalue weighted by Gasteiger charge is -2.21. The van der Waals surface area contributed by atoms with Crippen LogP contribution in [0.2, 0.25) is 0 Å². The average molecular weight is 405 g/mol. The molecule has 0 radical (unpaired) electrons. The summed E-state index contributed by atoms with van der Waals surface area (Å²) in [6, 6.07) is 20.4. The van der Waals surface area contributed by atoms with E-state index in [1.54, 1.807) is 38.3 Å². The lowest BCUT2D eigenvalue weighted by Crippen LogP contribution is -2.40. The SMILES string of the molecule is COc1ccc([C@@]2(C)NC(=O)N(/N=C\c3ccc(-c4ccccc4)s3)C2=O)cc1. The summed E-state index contributed by atoms with van der Waals surface area (Å²) in [5.41, 5.74) is 0.599. The Hall–Kier alpha value is -3.45. The summed E-state index contributed by atoms with van der Waals surface area (Å²) in [5, 5.41) is 7.77. The van der Waals surface area contributed by atoms with Crippen LogP contribution in [-0.2, 0) is 10.3 Å². The molecule has 4 rings (SSSR count). The Kier molecular flexibility index (Phi) is 4.90. The van der Waals surface area contributed by atoms with Gasteiger partial charge in [-0.05, 0) is 42.3 Å². The number of hydrogen-bond acceptors (Lipinski definition) is 5. The quantitative estimate of drug-likeness (QED) is 0.510. The summed E-state index contributed by atoms with van der Waals surface area (Å²) >= 11 is 1.54. The number of methoxy groups -OCH3 is 1. The van der Waals surface area contributed by atoms with Gasteiger partial charge in [0, 0.05) is 9.75 Å². The zero-order valence-corrected chi connectivity index (χ0v) is 16.8. The summed E-state index contributed by atoms with van der Waals surface area (Å²) in [5.74, 6) is 0.250. The Morgan fingerprint density at radius 3 is 2.45 bits per heavy atom. The van der Waals surface area contributed by atoms with Gasteiger partial charge < -0.3 is 10.1 Å². The number of carbonyl (C=O) groups excluding carboxylic acids is 2. The molecule has 1 fully saturated rings. The molecule has 1 saturated heterocycles. The number of rotatable bonds is 5. The Bertz CT molecular complexity index is 1080. The lowest BCUT2D eigenvalue weighted by atomic mass is 9.92. The number of hydrazone groups is 1. The third-order valence-electron chi connectivity index (χ3n) is 4.82. The molecule has 0 aliphatic carbocycles. The maximum atomic E-state index is 12.9. The lowest BCUT2D eigenvalue weighted by molar-refractivity contribution is -0.131. The zero-order valence-electron chi connectivity index (χ0n) is 16.0. The summed E-state index contributed by atoms with van der Waals surface area (Å²) in [4.78, 5) is 27.3. The molecule has 1 atom stereocenters. The first kappa shape index (κ1) is 18.9. The van der Waals surface area contributed by atoms with Gasteiger partial charge in [0.05, 0.1) is 13.3 Å². The fourth-order valence-corrected chi connectivity index (χ4v) is 4.02. The molecular formula is C22H19N3O3S. The Labute approximate surface area is 172 Å². The number of hydrogen-bond donors (Lipinski definition) is 1. The minimum absolute atomic E-state index is 0.427. The van der Waals surface area contributed by atoms with Crippen molar-refractivity contribution in [3.63, 3.8) is 0 Å². The van der Waals surface area contributed by atoms with Crippen molar-refractivity contribution in [1.82, 2.24) is 10.3 Å². The molecule has 1 aromatic heterocycles. The molecule has 0 saturated carbocycles. The highest BCUT2D eigenvalue weighted by Crippen LogP contribution is 2.31. The molecule has 2 heterocycles. The van der Waals surface area contributed by atoms with Crippen molar-refractivity contribution in [2.75, 3.05) is 7.11 Å². The first-order valence-electron chi connectivity index (χ1n) is 9.02. The van der Waals surface area contributed by atoms with E-state index in [-0.39, 0.29) is 0 Å². The second-order valence-corrected chi connectivity index (χ2v) is 7.83. The fraction of sp³-hybridized carbons (Fsp3) is 0.136. The molecule has 1 N–H and O–H groups in total. The van der Waals surface area contributed by atoms with Crippen LogP contribution in [-0.4, -0.2) is 30.3 Å². The molecule has 0 bridgehead atoms. The van der Waals surface area contributed by atoms with Crippen molar-refractivity contribution < 1.29 is 14.3 Å². The molecule has 6 nitrogen and oxygen atoms in total. The summed E-state index contributed by atoms with van der Waals surface area (Å²) in [6.07, 6.45) is 1.54. The van der Waals surface area contributed by atoms with Crippen LogP contribution in [0.25, 0.3) is 10.4 Å². The van der Waals surface area contributed by atoms with E-state index in [2.05, 4.69) is 10.4 Å². The largest absolute Gasteiger partial charge is 0.497 e. The topological polar surface area (TPSA) is 71.0 Å². The number of nitrogens with one attached hydrogen (secondary N) is 1. The predicted molar refractivity (Wildman–Crippen MR) is 113 cm³/mol. The number of benzene rings is 2. The van der Waals surface area contributed by atoms with Gasteiger partial charge in [0.2, 0.25) is 0 Å². The van der Waals surface area contributed by atoms with Crippen LogP contribution < -0.4 is 10.1 Å². The molecule has 1 aliphatic rings. The van der Waals surface area contributed by atoms with Crippen LogP contribution in [0.3, 0.4) is 0 Å². The van der Waals surface area contributed by atoms with E-state index in [0.717, 1.165) is 20.3 Å². The van der Waals surface area contributed by atoms with Gasteiger partial charge in [-0.25, -0.2) is 4.79 Å². The van der Waals surface area contributed by atoms with Crippen LogP contribution in [0.1, 0.15) is 17.4 Å². The number of amides is 3.